The Morgan fingerprint density at radius 3 is 2.44 bits per heavy atom. The van der Waals surface area contributed by atoms with Crippen LogP contribution in [0.4, 0.5) is 0 Å². The smallest absolute Gasteiger partial charge is 0.0918 e. The van der Waals surface area contributed by atoms with E-state index in [-0.39, 0.29) is 6.10 Å². The maximum atomic E-state index is 6.13. The van der Waals surface area contributed by atoms with Gasteiger partial charge in [-0.2, -0.15) is 0 Å². The van der Waals surface area contributed by atoms with Gasteiger partial charge in [0.15, 0.2) is 0 Å². The summed E-state index contributed by atoms with van der Waals surface area (Å²) in [6.07, 6.45) is 2.82. The minimum absolute atomic E-state index is 0.241. The molecule has 0 heterocycles. The molecule has 90 valence electrons. The average Bonchev–Trinajstić information content (AvgIpc) is 2.31. The van der Waals surface area contributed by atoms with Gasteiger partial charge in [-0.3, -0.25) is 0 Å². The Morgan fingerprint density at radius 2 is 1.94 bits per heavy atom. The fourth-order valence-corrected chi connectivity index (χ4v) is 2.50. The third-order valence-electron chi connectivity index (χ3n) is 2.82. The topological polar surface area (TPSA) is 9.23 Å². The minimum Gasteiger partial charge on any atom is -0.370 e. The molecule has 0 aliphatic rings. The first kappa shape index (κ1) is 14.0. The lowest BCUT2D eigenvalue weighted by atomic mass is 10.1. The van der Waals surface area contributed by atoms with E-state index in [1.807, 2.05) is 0 Å². The van der Waals surface area contributed by atoms with Crippen molar-refractivity contribution in [3.05, 3.63) is 35.4 Å². The third kappa shape index (κ3) is 4.06. The van der Waals surface area contributed by atoms with Crippen molar-refractivity contribution in [2.75, 3.05) is 4.43 Å². The van der Waals surface area contributed by atoms with Crippen molar-refractivity contribution in [3.8, 4) is 0 Å². The van der Waals surface area contributed by atoms with Crippen LogP contribution in [0.25, 0.3) is 0 Å². The molecule has 0 aliphatic heterocycles. The average molecular weight is 332 g/mol. The summed E-state index contributed by atoms with van der Waals surface area (Å²) in [5, 5.41) is 0. The van der Waals surface area contributed by atoms with Crippen LogP contribution in [0.1, 0.15) is 43.9 Å². The first-order valence-electron chi connectivity index (χ1n) is 5.99. The molecule has 0 fully saturated rings. The molecule has 0 saturated heterocycles. The molecule has 1 atom stereocenters. The van der Waals surface area contributed by atoms with E-state index < -0.39 is 0 Å². The summed E-state index contributed by atoms with van der Waals surface area (Å²) < 4.78 is 7.14. The molecule has 1 unspecified atom stereocenters. The standard InChI is InChI=1S/C14H21IO/c1-4-13(5-2)16-14(10-15)12-8-6-7-11(3)9-12/h6-9,13-14H,4-5,10H2,1-3H3. The SMILES string of the molecule is CCC(CC)OC(CI)c1cccc(C)c1. The van der Waals surface area contributed by atoms with Crippen molar-refractivity contribution >= 4 is 22.6 Å². The highest BCUT2D eigenvalue weighted by Crippen LogP contribution is 2.24. The maximum absolute atomic E-state index is 6.13. The first-order valence-corrected chi connectivity index (χ1v) is 7.51. The van der Waals surface area contributed by atoms with Gasteiger partial charge in [-0.1, -0.05) is 66.3 Å². The van der Waals surface area contributed by atoms with E-state index in [0.717, 1.165) is 17.3 Å². The van der Waals surface area contributed by atoms with Crippen LogP contribution in [-0.2, 0) is 4.74 Å². The summed E-state index contributed by atoms with van der Waals surface area (Å²) in [4.78, 5) is 0. The van der Waals surface area contributed by atoms with Crippen molar-refractivity contribution in [1.82, 2.24) is 0 Å². The first-order chi connectivity index (χ1) is 7.71. The normalized spacial score (nSPS) is 13.1. The van der Waals surface area contributed by atoms with Crippen molar-refractivity contribution in [2.45, 2.75) is 45.8 Å². The Bertz CT molecular complexity index is 307. The quantitative estimate of drug-likeness (QED) is 0.543. The molecule has 0 amide bonds. The van der Waals surface area contributed by atoms with E-state index in [0.29, 0.717) is 6.10 Å². The summed E-state index contributed by atoms with van der Waals surface area (Å²) in [5.41, 5.74) is 2.61. The number of ether oxygens (including phenoxy) is 1. The lowest BCUT2D eigenvalue weighted by molar-refractivity contribution is -0.00307. The Morgan fingerprint density at radius 1 is 1.25 bits per heavy atom. The van der Waals surface area contributed by atoms with E-state index in [4.69, 9.17) is 4.74 Å². The molecule has 2 heteroatoms. The highest BCUT2D eigenvalue weighted by Gasteiger charge is 2.15. The van der Waals surface area contributed by atoms with Gasteiger partial charge in [0.05, 0.1) is 12.2 Å². The predicted molar refractivity (Wildman–Crippen MR) is 78.3 cm³/mol. The van der Waals surface area contributed by atoms with Crippen molar-refractivity contribution in [1.29, 1.82) is 0 Å². The number of hydrogen-bond donors (Lipinski definition) is 0. The molecule has 0 saturated carbocycles. The second-order valence-corrected chi connectivity index (χ2v) is 5.01. The van der Waals surface area contributed by atoms with Crippen LogP contribution in [0.5, 0.6) is 0 Å². The van der Waals surface area contributed by atoms with E-state index in [1.54, 1.807) is 0 Å². The molecule has 1 nitrogen and oxygen atoms in total. The van der Waals surface area contributed by atoms with Crippen molar-refractivity contribution in [2.24, 2.45) is 0 Å². The number of hydrogen-bond acceptors (Lipinski definition) is 1. The van der Waals surface area contributed by atoms with Crippen LogP contribution in [0.15, 0.2) is 24.3 Å². The van der Waals surface area contributed by atoms with Gasteiger partial charge in [0, 0.05) is 4.43 Å². The van der Waals surface area contributed by atoms with E-state index in [2.05, 4.69) is 67.6 Å². The molecular formula is C14H21IO. The van der Waals surface area contributed by atoms with Crippen molar-refractivity contribution < 1.29 is 4.74 Å². The van der Waals surface area contributed by atoms with Crippen LogP contribution in [-0.4, -0.2) is 10.5 Å². The van der Waals surface area contributed by atoms with Gasteiger partial charge in [0.25, 0.3) is 0 Å². The summed E-state index contributed by atoms with van der Waals surface area (Å²) in [7, 11) is 0. The molecule has 0 aliphatic carbocycles. The Hall–Kier alpha value is -0.0900. The molecule has 0 radical (unpaired) electrons. The molecular weight excluding hydrogens is 311 g/mol. The molecule has 0 bridgehead atoms. The molecule has 1 rings (SSSR count). The Kier molecular flexibility index (Phi) is 6.36. The van der Waals surface area contributed by atoms with Gasteiger partial charge < -0.3 is 4.74 Å². The zero-order valence-corrected chi connectivity index (χ0v) is 12.5. The predicted octanol–water partition coefficient (Wildman–Crippen LogP) is 4.68. The molecule has 1 aromatic carbocycles. The van der Waals surface area contributed by atoms with Gasteiger partial charge in [-0.05, 0) is 25.3 Å². The van der Waals surface area contributed by atoms with E-state index in [9.17, 15) is 0 Å². The van der Waals surface area contributed by atoms with Gasteiger partial charge in [-0.25, -0.2) is 0 Å². The lowest BCUT2D eigenvalue weighted by Gasteiger charge is -2.22. The highest BCUT2D eigenvalue weighted by atomic mass is 127. The maximum Gasteiger partial charge on any atom is 0.0918 e. The largest absolute Gasteiger partial charge is 0.370 e. The fraction of sp³-hybridized carbons (Fsp3) is 0.571. The zero-order valence-electron chi connectivity index (χ0n) is 10.4. The van der Waals surface area contributed by atoms with E-state index >= 15 is 0 Å². The second kappa shape index (κ2) is 7.28. The molecule has 16 heavy (non-hydrogen) atoms. The number of halogens is 1. The molecule has 1 aromatic rings. The van der Waals surface area contributed by atoms with Crippen LogP contribution < -0.4 is 0 Å². The Balaban J connectivity index is 2.74. The molecule has 0 N–H and O–H groups in total. The minimum atomic E-state index is 0.241. The van der Waals surface area contributed by atoms with Crippen LogP contribution in [0.2, 0.25) is 0 Å². The number of alkyl halides is 1. The van der Waals surface area contributed by atoms with Gasteiger partial charge in [0.1, 0.15) is 0 Å². The number of aryl methyl sites for hydroxylation is 1. The summed E-state index contributed by atoms with van der Waals surface area (Å²) in [6.45, 7) is 6.51. The van der Waals surface area contributed by atoms with Gasteiger partial charge in [0.2, 0.25) is 0 Å². The Labute approximate surface area is 113 Å². The second-order valence-electron chi connectivity index (χ2n) is 4.13. The van der Waals surface area contributed by atoms with Crippen LogP contribution in [0.3, 0.4) is 0 Å². The van der Waals surface area contributed by atoms with Crippen LogP contribution >= 0.6 is 22.6 Å². The number of benzene rings is 1. The molecule has 0 spiro atoms. The monoisotopic (exact) mass is 332 g/mol. The fourth-order valence-electron chi connectivity index (χ4n) is 1.79. The number of rotatable bonds is 6. The summed E-state index contributed by atoms with van der Waals surface area (Å²) in [6, 6.07) is 8.63. The summed E-state index contributed by atoms with van der Waals surface area (Å²) >= 11 is 2.41. The van der Waals surface area contributed by atoms with E-state index in [1.165, 1.54) is 11.1 Å². The van der Waals surface area contributed by atoms with Gasteiger partial charge in [-0.15, -0.1) is 0 Å². The lowest BCUT2D eigenvalue weighted by Crippen LogP contribution is -2.16. The molecule has 0 aromatic heterocycles. The van der Waals surface area contributed by atoms with Crippen LogP contribution in [0, 0.1) is 6.92 Å². The zero-order chi connectivity index (χ0) is 12.0. The third-order valence-corrected chi connectivity index (χ3v) is 3.62. The van der Waals surface area contributed by atoms with Gasteiger partial charge >= 0.3 is 0 Å². The van der Waals surface area contributed by atoms with Crippen molar-refractivity contribution in [3.63, 3.8) is 0 Å². The summed E-state index contributed by atoms with van der Waals surface area (Å²) in [5.74, 6) is 0. The highest BCUT2D eigenvalue weighted by molar-refractivity contribution is 14.1.